The lowest BCUT2D eigenvalue weighted by Gasteiger charge is -2.09. The first kappa shape index (κ1) is 13.1. The highest BCUT2D eigenvalue weighted by atomic mass is 35.5. The van der Waals surface area contributed by atoms with Crippen LogP contribution < -0.4 is 5.32 Å². The van der Waals surface area contributed by atoms with Crippen LogP contribution in [0.5, 0.6) is 0 Å². The van der Waals surface area contributed by atoms with Crippen LogP contribution in [0.3, 0.4) is 0 Å². The van der Waals surface area contributed by atoms with Gasteiger partial charge < -0.3 is 5.32 Å². The standard InChI is InChI=1S/C16H18ClN/c1-11-6-12(2)8-15(7-11)13-4-5-14(10-18-3)16(17)9-13/h4-9,18H,10H2,1-3H3. The Labute approximate surface area is 114 Å². The summed E-state index contributed by atoms with van der Waals surface area (Å²) in [6, 6.07) is 12.8. The van der Waals surface area contributed by atoms with Crippen molar-refractivity contribution in [3.05, 3.63) is 58.1 Å². The topological polar surface area (TPSA) is 12.0 Å². The van der Waals surface area contributed by atoms with Crippen LogP contribution in [-0.2, 0) is 6.54 Å². The van der Waals surface area contributed by atoms with E-state index in [2.05, 4.69) is 49.5 Å². The van der Waals surface area contributed by atoms with Gasteiger partial charge >= 0.3 is 0 Å². The lowest BCUT2D eigenvalue weighted by molar-refractivity contribution is 0.818. The number of halogens is 1. The lowest BCUT2D eigenvalue weighted by atomic mass is 10.00. The van der Waals surface area contributed by atoms with E-state index in [1.54, 1.807) is 0 Å². The zero-order valence-corrected chi connectivity index (χ0v) is 11.8. The van der Waals surface area contributed by atoms with Gasteiger partial charge in [0.05, 0.1) is 0 Å². The average Bonchev–Trinajstić information content (AvgIpc) is 2.30. The minimum atomic E-state index is 0.798. The van der Waals surface area contributed by atoms with Crippen molar-refractivity contribution < 1.29 is 0 Å². The molecule has 0 amide bonds. The summed E-state index contributed by atoms with van der Waals surface area (Å²) in [5.74, 6) is 0. The van der Waals surface area contributed by atoms with Crippen LogP contribution >= 0.6 is 11.6 Å². The first-order valence-electron chi connectivity index (χ1n) is 6.12. The molecular weight excluding hydrogens is 242 g/mol. The summed E-state index contributed by atoms with van der Waals surface area (Å²) in [6.07, 6.45) is 0. The van der Waals surface area contributed by atoms with Gasteiger partial charge in [-0.2, -0.15) is 0 Å². The molecule has 0 bridgehead atoms. The number of benzene rings is 2. The number of rotatable bonds is 3. The fourth-order valence-corrected chi connectivity index (χ4v) is 2.45. The molecule has 0 aliphatic rings. The minimum Gasteiger partial charge on any atom is -0.316 e. The highest BCUT2D eigenvalue weighted by molar-refractivity contribution is 6.31. The van der Waals surface area contributed by atoms with E-state index in [1.165, 1.54) is 22.3 Å². The number of hydrogen-bond donors (Lipinski definition) is 1. The molecule has 0 saturated carbocycles. The third-order valence-electron chi connectivity index (χ3n) is 2.98. The van der Waals surface area contributed by atoms with Crippen LogP contribution in [0.25, 0.3) is 11.1 Å². The van der Waals surface area contributed by atoms with E-state index in [1.807, 2.05) is 13.1 Å². The smallest absolute Gasteiger partial charge is 0.0457 e. The molecule has 2 aromatic carbocycles. The quantitative estimate of drug-likeness (QED) is 0.865. The van der Waals surface area contributed by atoms with Gasteiger partial charge in [0, 0.05) is 11.6 Å². The number of hydrogen-bond acceptors (Lipinski definition) is 1. The Bertz CT molecular complexity index is 541. The second-order valence-electron chi connectivity index (χ2n) is 4.71. The van der Waals surface area contributed by atoms with Gasteiger partial charge in [0.15, 0.2) is 0 Å². The normalized spacial score (nSPS) is 10.7. The molecule has 18 heavy (non-hydrogen) atoms. The summed E-state index contributed by atoms with van der Waals surface area (Å²) < 4.78 is 0. The predicted molar refractivity (Wildman–Crippen MR) is 79.1 cm³/mol. The third-order valence-corrected chi connectivity index (χ3v) is 3.33. The maximum Gasteiger partial charge on any atom is 0.0457 e. The molecule has 2 heteroatoms. The maximum absolute atomic E-state index is 6.30. The minimum absolute atomic E-state index is 0.798. The van der Waals surface area contributed by atoms with Crippen molar-refractivity contribution in [2.45, 2.75) is 20.4 Å². The Morgan fingerprint density at radius 3 is 2.17 bits per heavy atom. The monoisotopic (exact) mass is 259 g/mol. The summed E-state index contributed by atoms with van der Waals surface area (Å²) in [5, 5.41) is 3.94. The SMILES string of the molecule is CNCc1ccc(-c2cc(C)cc(C)c2)cc1Cl. The molecule has 0 aliphatic carbocycles. The fraction of sp³-hybridized carbons (Fsp3) is 0.250. The van der Waals surface area contributed by atoms with E-state index in [4.69, 9.17) is 11.6 Å². The summed E-state index contributed by atoms with van der Waals surface area (Å²) in [6.45, 7) is 5.03. The highest BCUT2D eigenvalue weighted by Gasteiger charge is 2.04. The molecule has 1 N–H and O–H groups in total. The third kappa shape index (κ3) is 2.92. The van der Waals surface area contributed by atoms with Crippen molar-refractivity contribution in [3.63, 3.8) is 0 Å². The van der Waals surface area contributed by atoms with E-state index in [0.29, 0.717) is 0 Å². The van der Waals surface area contributed by atoms with Crippen LogP contribution in [-0.4, -0.2) is 7.05 Å². The molecule has 0 spiro atoms. The van der Waals surface area contributed by atoms with Crippen molar-refractivity contribution in [2.24, 2.45) is 0 Å². The Kier molecular flexibility index (Phi) is 4.05. The van der Waals surface area contributed by atoms with Crippen molar-refractivity contribution in [2.75, 3.05) is 7.05 Å². The molecule has 0 aliphatic heterocycles. The maximum atomic E-state index is 6.30. The Balaban J connectivity index is 2.42. The predicted octanol–water partition coefficient (Wildman–Crippen LogP) is 4.34. The van der Waals surface area contributed by atoms with Gasteiger partial charge in [-0.3, -0.25) is 0 Å². The van der Waals surface area contributed by atoms with Crippen LogP contribution in [0.2, 0.25) is 5.02 Å². The average molecular weight is 260 g/mol. The van der Waals surface area contributed by atoms with Gasteiger partial charge in [0.25, 0.3) is 0 Å². The van der Waals surface area contributed by atoms with Crippen LogP contribution in [0, 0.1) is 13.8 Å². The zero-order chi connectivity index (χ0) is 13.1. The van der Waals surface area contributed by atoms with Crippen LogP contribution in [0.4, 0.5) is 0 Å². The van der Waals surface area contributed by atoms with Crippen molar-refractivity contribution >= 4 is 11.6 Å². The Morgan fingerprint density at radius 2 is 1.61 bits per heavy atom. The second kappa shape index (κ2) is 5.55. The van der Waals surface area contributed by atoms with Gasteiger partial charge in [-0.25, -0.2) is 0 Å². The summed E-state index contributed by atoms with van der Waals surface area (Å²) in [4.78, 5) is 0. The molecule has 0 unspecified atom stereocenters. The van der Waals surface area contributed by atoms with Crippen LogP contribution in [0.15, 0.2) is 36.4 Å². The number of nitrogens with one attached hydrogen (secondary N) is 1. The largest absolute Gasteiger partial charge is 0.316 e. The van der Waals surface area contributed by atoms with Crippen molar-refractivity contribution in [1.29, 1.82) is 0 Å². The van der Waals surface area contributed by atoms with Crippen molar-refractivity contribution in [1.82, 2.24) is 5.32 Å². The van der Waals surface area contributed by atoms with E-state index in [0.717, 1.165) is 17.1 Å². The molecule has 0 saturated heterocycles. The Hall–Kier alpha value is -1.31. The van der Waals surface area contributed by atoms with E-state index < -0.39 is 0 Å². The fourth-order valence-electron chi connectivity index (χ4n) is 2.20. The molecule has 2 aromatic rings. The van der Waals surface area contributed by atoms with Gasteiger partial charge in [0.1, 0.15) is 0 Å². The molecule has 0 fully saturated rings. The molecule has 0 radical (unpaired) electrons. The van der Waals surface area contributed by atoms with Gasteiger partial charge in [-0.15, -0.1) is 0 Å². The highest BCUT2D eigenvalue weighted by Crippen LogP contribution is 2.27. The summed E-state index contributed by atoms with van der Waals surface area (Å²) in [5.41, 5.74) is 6.09. The zero-order valence-electron chi connectivity index (χ0n) is 11.0. The van der Waals surface area contributed by atoms with Gasteiger partial charge in [0.2, 0.25) is 0 Å². The van der Waals surface area contributed by atoms with E-state index in [9.17, 15) is 0 Å². The first-order chi connectivity index (χ1) is 8.60. The Morgan fingerprint density at radius 1 is 0.944 bits per heavy atom. The molecule has 2 rings (SSSR count). The number of aryl methyl sites for hydroxylation is 2. The first-order valence-corrected chi connectivity index (χ1v) is 6.49. The molecule has 94 valence electrons. The molecule has 0 atom stereocenters. The molecule has 0 heterocycles. The summed E-state index contributed by atoms with van der Waals surface area (Å²) in [7, 11) is 1.92. The lowest BCUT2D eigenvalue weighted by Crippen LogP contribution is -2.05. The van der Waals surface area contributed by atoms with Gasteiger partial charge in [-0.05, 0) is 43.7 Å². The molecule has 1 nitrogen and oxygen atoms in total. The summed E-state index contributed by atoms with van der Waals surface area (Å²) >= 11 is 6.30. The van der Waals surface area contributed by atoms with Gasteiger partial charge in [-0.1, -0.05) is 53.1 Å². The van der Waals surface area contributed by atoms with Crippen molar-refractivity contribution in [3.8, 4) is 11.1 Å². The van der Waals surface area contributed by atoms with E-state index >= 15 is 0 Å². The molecule has 0 aromatic heterocycles. The molecular formula is C16H18ClN. The second-order valence-corrected chi connectivity index (χ2v) is 5.12. The van der Waals surface area contributed by atoms with E-state index in [-0.39, 0.29) is 0 Å². The van der Waals surface area contributed by atoms with Crippen LogP contribution in [0.1, 0.15) is 16.7 Å².